The molecule has 0 aromatic carbocycles. The first-order valence-electron chi connectivity index (χ1n) is 7.65. The van der Waals surface area contributed by atoms with Crippen molar-refractivity contribution in [2.45, 2.75) is 52.9 Å². The zero-order chi connectivity index (χ0) is 14.3. The minimum absolute atomic E-state index is 0.0272. The van der Waals surface area contributed by atoms with E-state index in [2.05, 4.69) is 19.2 Å². The van der Waals surface area contributed by atoms with Crippen LogP contribution >= 0.6 is 0 Å². The van der Waals surface area contributed by atoms with E-state index in [9.17, 15) is 4.79 Å². The third-order valence-corrected chi connectivity index (χ3v) is 4.31. The van der Waals surface area contributed by atoms with Crippen LogP contribution < -0.4 is 5.32 Å². The molecular formula is C15H30N2O2. The molecule has 0 heterocycles. The van der Waals surface area contributed by atoms with E-state index in [4.69, 9.17) is 5.11 Å². The van der Waals surface area contributed by atoms with Crippen molar-refractivity contribution in [2.75, 3.05) is 26.2 Å². The van der Waals surface area contributed by atoms with E-state index in [0.717, 1.165) is 18.9 Å². The minimum Gasteiger partial charge on any atom is -0.395 e. The number of nitrogens with one attached hydrogen (secondary N) is 1. The molecule has 112 valence electrons. The molecule has 0 spiro atoms. The maximum atomic E-state index is 12.1. The summed E-state index contributed by atoms with van der Waals surface area (Å²) in [6.07, 6.45) is 6.15. The van der Waals surface area contributed by atoms with Crippen LogP contribution in [0.3, 0.4) is 0 Å². The van der Waals surface area contributed by atoms with Gasteiger partial charge in [0.2, 0.25) is 0 Å². The van der Waals surface area contributed by atoms with Crippen molar-refractivity contribution in [3.63, 3.8) is 0 Å². The summed E-state index contributed by atoms with van der Waals surface area (Å²) < 4.78 is 0. The molecule has 0 atom stereocenters. The van der Waals surface area contributed by atoms with Crippen molar-refractivity contribution in [1.82, 2.24) is 10.2 Å². The Labute approximate surface area is 117 Å². The van der Waals surface area contributed by atoms with Crippen molar-refractivity contribution in [2.24, 2.45) is 11.3 Å². The highest BCUT2D eigenvalue weighted by molar-refractivity contribution is 5.74. The molecule has 1 aliphatic rings. The summed E-state index contributed by atoms with van der Waals surface area (Å²) >= 11 is 0. The van der Waals surface area contributed by atoms with Gasteiger partial charge in [0.25, 0.3) is 0 Å². The predicted molar refractivity (Wildman–Crippen MR) is 78.1 cm³/mol. The van der Waals surface area contributed by atoms with Gasteiger partial charge >= 0.3 is 6.03 Å². The van der Waals surface area contributed by atoms with Crippen LogP contribution in [-0.4, -0.2) is 42.3 Å². The molecule has 0 saturated heterocycles. The summed E-state index contributed by atoms with van der Waals surface area (Å²) in [5.41, 5.74) is 0.170. The van der Waals surface area contributed by atoms with Crippen LogP contribution in [0.5, 0.6) is 0 Å². The number of aliphatic hydroxyl groups is 1. The van der Waals surface area contributed by atoms with Crippen LogP contribution in [0.2, 0.25) is 0 Å². The summed E-state index contributed by atoms with van der Waals surface area (Å²) in [7, 11) is 0. The number of carbonyl (C=O) groups excluding carboxylic acids is 1. The van der Waals surface area contributed by atoms with Gasteiger partial charge in [-0.3, -0.25) is 0 Å². The Kier molecular flexibility index (Phi) is 6.63. The van der Waals surface area contributed by atoms with Gasteiger partial charge in [-0.25, -0.2) is 4.79 Å². The Morgan fingerprint density at radius 2 is 1.95 bits per heavy atom. The lowest BCUT2D eigenvalue weighted by molar-refractivity contribution is 0.163. The van der Waals surface area contributed by atoms with E-state index in [1.807, 2.05) is 6.92 Å². The molecule has 1 rings (SSSR count). The number of urea groups is 1. The third kappa shape index (κ3) is 5.01. The molecule has 0 aliphatic heterocycles. The second kappa shape index (κ2) is 7.73. The highest BCUT2D eigenvalue weighted by atomic mass is 16.3. The number of aliphatic hydroxyl groups excluding tert-OH is 1. The zero-order valence-corrected chi connectivity index (χ0v) is 12.7. The van der Waals surface area contributed by atoms with Gasteiger partial charge in [-0.1, -0.05) is 33.6 Å². The molecule has 0 aromatic rings. The van der Waals surface area contributed by atoms with Crippen LogP contribution in [0, 0.1) is 11.3 Å². The molecule has 2 amide bonds. The van der Waals surface area contributed by atoms with E-state index < -0.39 is 0 Å². The van der Waals surface area contributed by atoms with Gasteiger partial charge in [0.15, 0.2) is 0 Å². The van der Waals surface area contributed by atoms with Crippen molar-refractivity contribution < 1.29 is 9.90 Å². The minimum atomic E-state index is -0.0398. The topological polar surface area (TPSA) is 52.6 Å². The number of nitrogens with zero attached hydrogens (tertiary/aromatic N) is 1. The van der Waals surface area contributed by atoms with Crippen LogP contribution in [0.15, 0.2) is 0 Å². The Hall–Kier alpha value is -0.770. The maximum Gasteiger partial charge on any atom is 0.317 e. The smallest absolute Gasteiger partial charge is 0.317 e. The molecular weight excluding hydrogens is 240 g/mol. The molecule has 0 aromatic heterocycles. The molecule has 19 heavy (non-hydrogen) atoms. The van der Waals surface area contributed by atoms with Crippen LogP contribution in [0.1, 0.15) is 52.9 Å². The van der Waals surface area contributed by atoms with Gasteiger partial charge in [-0.05, 0) is 30.6 Å². The number of rotatable bonds is 7. The average molecular weight is 270 g/mol. The average Bonchev–Trinajstić information content (AvgIpc) is 2.90. The van der Waals surface area contributed by atoms with E-state index in [1.165, 1.54) is 25.7 Å². The molecule has 1 saturated carbocycles. The van der Waals surface area contributed by atoms with E-state index in [0.29, 0.717) is 13.1 Å². The normalized spacial score (nSPS) is 16.6. The summed E-state index contributed by atoms with van der Waals surface area (Å²) in [6, 6.07) is -0.0398. The molecule has 1 fully saturated rings. The van der Waals surface area contributed by atoms with Crippen LogP contribution in [0.25, 0.3) is 0 Å². The highest BCUT2D eigenvalue weighted by Gasteiger charge is 2.32. The van der Waals surface area contributed by atoms with Crippen molar-refractivity contribution in [3.8, 4) is 0 Å². The molecule has 0 unspecified atom stereocenters. The maximum absolute atomic E-state index is 12.1. The number of amides is 2. The molecule has 4 heteroatoms. The van der Waals surface area contributed by atoms with Crippen molar-refractivity contribution in [3.05, 3.63) is 0 Å². The molecule has 2 N–H and O–H groups in total. The summed E-state index contributed by atoms with van der Waals surface area (Å²) in [6.45, 7) is 8.42. The first-order valence-corrected chi connectivity index (χ1v) is 7.65. The summed E-state index contributed by atoms with van der Waals surface area (Å²) in [5, 5.41) is 12.0. The van der Waals surface area contributed by atoms with Gasteiger partial charge in [0.1, 0.15) is 0 Å². The Morgan fingerprint density at radius 1 is 1.32 bits per heavy atom. The SMILES string of the molecule is CCCN(CCO)C(=O)NCC(C)(C)C1CCCC1. The first kappa shape index (κ1) is 16.3. The van der Waals surface area contributed by atoms with Crippen molar-refractivity contribution >= 4 is 6.03 Å². The lowest BCUT2D eigenvalue weighted by Crippen LogP contribution is -2.46. The largest absolute Gasteiger partial charge is 0.395 e. The quantitative estimate of drug-likeness (QED) is 0.747. The second-order valence-corrected chi connectivity index (χ2v) is 6.34. The monoisotopic (exact) mass is 270 g/mol. The summed E-state index contributed by atoms with van der Waals surface area (Å²) in [4.78, 5) is 13.8. The Balaban J connectivity index is 2.42. The fourth-order valence-electron chi connectivity index (χ4n) is 2.97. The fourth-order valence-corrected chi connectivity index (χ4v) is 2.97. The predicted octanol–water partition coefficient (Wildman–Crippen LogP) is 2.62. The lowest BCUT2D eigenvalue weighted by atomic mass is 9.78. The lowest BCUT2D eigenvalue weighted by Gasteiger charge is -2.33. The van der Waals surface area contributed by atoms with E-state index in [-0.39, 0.29) is 18.1 Å². The first-order chi connectivity index (χ1) is 9.01. The van der Waals surface area contributed by atoms with Gasteiger partial charge < -0.3 is 15.3 Å². The molecule has 4 nitrogen and oxygen atoms in total. The number of hydrogen-bond donors (Lipinski definition) is 2. The Morgan fingerprint density at radius 3 is 2.47 bits per heavy atom. The van der Waals surface area contributed by atoms with E-state index in [1.54, 1.807) is 4.90 Å². The Bertz CT molecular complexity index is 267. The van der Waals surface area contributed by atoms with Gasteiger partial charge in [0, 0.05) is 19.6 Å². The number of carbonyl (C=O) groups is 1. The van der Waals surface area contributed by atoms with Gasteiger partial charge in [0.05, 0.1) is 6.61 Å². The zero-order valence-electron chi connectivity index (χ0n) is 12.7. The van der Waals surface area contributed by atoms with Crippen LogP contribution in [0.4, 0.5) is 4.79 Å². The number of hydrogen-bond acceptors (Lipinski definition) is 2. The van der Waals surface area contributed by atoms with Crippen LogP contribution in [-0.2, 0) is 0 Å². The highest BCUT2D eigenvalue weighted by Crippen LogP contribution is 2.38. The summed E-state index contributed by atoms with van der Waals surface area (Å²) in [5.74, 6) is 0.727. The molecule has 1 aliphatic carbocycles. The standard InChI is InChI=1S/C15H30N2O2/c1-4-9-17(10-11-18)14(19)16-12-15(2,3)13-7-5-6-8-13/h13,18H,4-12H2,1-3H3,(H,16,19). The van der Waals surface area contributed by atoms with E-state index >= 15 is 0 Å². The fraction of sp³-hybridized carbons (Fsp3) is 0.933. The third-order valence-electron chi connectivity index (χ3n) is 4.31. The van der Waals surface area contributed by atoms with Gasteiger partial charge in [-0.15, -0.1) is 0 Å². The molecule has 0 bridgehead atoms. The van der Waals surface area contributed by atoms with Crippen molar-refractivity contribution in [1.29, 1.82) is 0 Å². The molecule has 0 radical (unpaired) electrons. The van der Waals surface area contributed by atoms with Gasteiger partial charge in [-0.2, -0.15) is 0 Å². The second-order valence-electron chi connectivity index (χ2n) is 6.34.